The van der Waals surface area contributed by atoms with E-state index in [-0.39, 0.29) is 7.69 Å². The molecule has 0 saturated carbocycles. The smallest absolute Gasteiger partial charge is 0.528 e. The number of nitriles is 2. The molecule has 0 bridgehead atoms. The van der Waals surface area contributed by atoms with Crippen LogP contribution in [0.25, 0.3) is 0 Å². The Morgan fingerprint density at radius 2 is 1.24 bits per heavy atom. The normalized spacial score (nSPS) is 9.33. The molecule has 2 rings (SSSR count). The van der Waals surface area contributed by atoms with Crippen molar-refractivity contribution >= 4 is 7.69 Å². The minimum Gasteiger partial charge on any atom is -0.528 e. The van der Waals surface area contributed by atoms with E-state index in [0.29, 0.717) is 22.6 Å². The zero-order chi connectivity index (χ0) is 15.2. The second kappa shape index (κ2) is 6.50. The van der Waals surface area contributed by atoms with Gasteiger partial charge in [-0.1, -0.05) is 0 Å². The van der Waals surface area contributed by atoms with Crippen molar-refractivity contribution in [1.82, 2.24) is 0 Å². The fourth-order valence-corrected chi connectivity index (χ4v) is 1.92. The topological polar surface area (TPSA) is 66.0 Å². The Kier molecular flexibility index (Phi) is 4.48. The van der Waals surface area contributed by atoms with Gasteiger partial charge in [-0.2, -0.15) is 10.5 Å². The van der Waals surface area contributed by atoms with Gasteiger partial charge in [-0.3, -0.25) is 0 Å². The molecular weight excluding hydrogens is 263 g/mol. The molecule has 0 fully saturated rings. The van der Waals surface area contributed by atoms with Crippen LogP contribution in [-0.2, 0) is 0 Å². The Morgan fingerprint density at radius 3 is 1.57 bits per heavy atom. The minimum atomic E-state index is 0.0689. The molecule has 5 heteroatoms. The fraction of sp³-hybridized carbons (Fsp3) is 0.125. The van der Waals surface area contributed by atoms with E-state index in [1.807, 2.05) is 13.8 Å². The first-order chi connectivity index (χ1) is 10.1. The van der Waals surface area contributed by atoms with Crippen molar-refractivity contribution in [3.8, 4) is 23.6 Å². The average molecular weight is 276 g/mol. The Balaban J connectivity index is 1.99. The zero-order valence-corrected chi connectivity index (χ0v) is 11.9. The number of nitrogens with zero attached hydrogens (tertiary/aromatic N) is 2. The molecule has 0 aliphatic carbocycles. The lowest BCUT2D eigenvalue weighted by atomic mass is 10.1. The summed E-state index contributed by atoms with van der Waals surface area (Å²) in [5.41, 5.74) is 2.97. The highest BCUT2D eigenvalue weighted by Gasteiger charge is 2.06. The summed E-state index contributed by atoms with van der Waals surface area (Å²) in [6, 6.07) is 14.6. The molecule has 4 nitrogen and oxygen atoms in total. The van der Waals surface area contributed by atoms with Crippen LogP contribution in [0.4, 0.5) is 0 Å². The van der Waals surface area contributed by atoms with E-state index in [0.717, 1.165) is 11.1 Å². The Hall–Kier alpha value is -2.92. The number of hydrogen-bond acceptors (Lipinski definition) is 4. The maximum Gasteiger partial charge on any atom is 0.576 e. The van der Waals surface area contributed by atoms with Crippen molar-refractivity contribution in [3.63, 3.8) is 0 Å². The predicted molar refractivity (Wildman–Crippen MR) is 80.2 cm³/mol. The highest BCUT2D eigenvalue weighted by molar-refractivity contribution is 6.20. The summed E-state index contributed by atoms with van der Waals surface area (Å²) in [5, 5.41) is 17.6. The van der Waals surface area contributed by atoms with E-state index in [9.17, 15) is 0 Å². The van der Waals surface area contributed by atoms with E-state index in [1.54, 1.807) is 36.4 Å². The monoisotopic (exact) mass is 276 g/mol. The standard InChI is InChI=1S/C16H13BN2O2/c1-11-7-13(9-18)3-5-15(11)20-17-21-16-6-4-14(10-19)8-12(16)2/h3-8,17H,1-2H3. The molecule has 0 saturated heterocycles. The average Bonchev–Trinajstić information content (AvgIpc) is 2.50. The molecule has 0 heterocycles. The molecule has 0 aliphatic heterocycles. The van der Waals surface area contributed by atoms with Crippen LogP contribution in [-0.4, -0.2) is 7.69 Å². The summed E-state index contributed by atoms with van der Waals surface area (Å²) < 4.78 is 11.1. The fourth-order valence-electron chi connectivity index (χ4n) is 1.92. The lowest BCUT2D eigenvalue weighted by Gasteiger charge is -2.11. The highest BCUT2D eigenvalue weighted by Crippen LogP contribution is 2.21. The Morgan fingerprint density at radius 1 is 0.810 bits per heavy atom. The van der Waals surface area contributed by atoms with Crippen molar-refractivity contribution in [2.75, 3.05) is 0 Å². The summed E-state index contributed by atoms with van der Waals surface area (Å²) in [6.07, 6.45) is 0. The summed E-state index contributed by atoms with van der Waals surface area (Å²) in [6.45, 7) is 3.76. The largest absolute Gasteiger partial charge is 0.576 e. The van der Waals surface area contributed by atoms with Crippen LogP contribution in [0.2, 0.25) is 0 Å². The molecule has 0 spiro atoms. The first-order valence-electron chi connectivity index (χ1n) is 6.41. The van der Waals surface area contributed by atoms with Crippen LogP contribution in [0.3, 0.4) is 0 Å². The van der Waals surface area contributed by atoms with Gasteiger partial charge in [0.05, 0.1) is 23.3 Å². The number of aryl methyl sites for hydroxylation is 2. The van der Waals surface area contributed by atoms with E-state index in [4.69, 9.17) is 19.8 Å². The van der Waals surface area contributed by atoms with Gasteiger partial charge in [0.15, 0.2) is 0 Å². The Labute approximate surface area is 124 Å². The van der Waals surface area contributed by atoms with Crippen LogP contribution in [0, 0.1) is 36.5 Å². The molecule has 21 heavy (non-hydrogen) atoms. The van der Waals surface area contributed by atoms with Crippen molar-refractivity contribution in [1.29, 1.82) is 10.5 Å². The Bertz CT molecular complexity index is 681. The molecule has 0 N–H and O–H groups in total. The molecule has 102 valence electrons. The summed E-state index contributed by atoms with van der Waals surface area (Å²) in [4.78, 5) is 0. The van der Waals surface area contributed by atoms with Crippen LogP contribution in [0.5, 0.6) is 11.5 Å². The first-order valence-corrected chi connectivity index (χ1v) is 6.41. The predicted octanol–water partition coefficient (Wildman–Crippen LogP) is 2.77. The minimum absolute atomic E-state index is 0.0689. The lowest BCUT2D eigenvalue weighted by molar-refractivity contribution is 0.455. The van der Waals surface area contributed by atoms with Gasteiger partial charge in [0.25, 0.3) is 0 Å². The van der Waals surface area contributed by atoms with Gasteiger partial charge in [-0.25, -0.2) is 0 Å². The molecule has 0 radical (unpaired) electrons. The van der Waals surface area contributed by atoms with E-state index in [2.05, 4.69) is 12.1 Å². The highest BCUT2D eigenvalue weighted by atomic mass is 16.6. The third kappa shape index (κ3) is 3.55. The quantitative estimate of drug-likeness (QED) is 0.805. The number of benzene rings is 2. The third-order valence-corrected chi connectivity index (χ3v) is 3.04. The van der Waals surface area contributed by atoms with Gasteiger partial charge in [-0.05, 0) is 61.4 Å². The van der Waals surface area contributed by atoms with Gasteiger partial charge >= 0.3 is 7.69 Å². The zero-order valence-electron chi connectivity index (χ0n) is 11.9. The molecule has 0 amide bonds. The summed E-state index contributed by atoms with van der Waals surface area (Å²) in [5.74, 6) is 1.36. The lowest BCUT2D eigenvalue weighted by Crippen LogP contribution is -2.12. The van der Waals surface area contributed by atoms with Gasteiger partial charge in [0, 0.05) is 0 Å². The van der Waals surface area contributed by atoms with Gasteiger partial charge < -0.3 is 9.31 Å². The second-order valence-corrected chi connectivity index (χ2v) is 4.59. The van der Waals surface area contributed by atoms with Crippen LogP contribution >= 0.6 is 0 Å². The molecule has 0 aromatic heterocycles. The second-order valence-electron chi connectivity index (χ2n) is 4.59. The molecule has 2 aromatic carbocycles. The number of rotatable bonds is 4. The molecule has 0 unspecified atom stereocenters. The summed E-state index contributed by atoms with van der Waals surface area (Å²) in [7, 11) is 0.0689. The maximum atomic E-state index is 8.81. The van der Waals surface area contributed by atoms with Crippen molar-refractivity contribution in [2.24, 2.45) is 0 Å². The molecule has 0 atom stereocenters. The van der Waals surface area contributed by atoms with Crippen LogP contribution < -0.4 is 9.31 Å². The van der Waals surface area contributed by atoms with Crippen molar-refractivity contribution in [3.05, 3.63) is 58.7 Å². The van der Waals surface area contributed by atoms with Gasteiger partial charge in [0.2, 0.25) is 0 Å². The molecular formula is C16H13BN2O2. The van der Waals surface area contributed by atoms with E-state index >= 15 is 0 Å². The van der Waals surface area contributed by atoms with Crippen LogP contribution in [0.15, 0.2) is 36.4 Å². The van der Waals surface area contributed by atoms with E-state index in [1.165, 1.54) is 0 Å². The molecule has 2 aromatic rings. The molecule has 0 aliphatic rings. The van der Waals surface area contributed by atoms with Crippen molar-refractivity contribution in [2.45, 2.75) is 13.8 Å². The van der Waals surface area contributed by atoms with Gasteiger partial charge in [0.1, 0.15) is 11.5 Å². The number of hydrogen-bond donors (Lipinski definition) is 0. The van der Waals surface area contributed by atoms with Gasteiger partial charge in [-0.15, -0.1) is 0 Å². The first kappa shape index (κ1) is 14.5. The third-order valence-electron chi connectivity index (χ3n) is 3.04. The summed E-state index contributed by atoms with van der Waals surface area (Å²) >= 11 is 0. The SMILES string of the molecule is Cc1cc(C#N)ccc1OBOc1ccc(C#N)cc1C. The maximum absolute atomic E-state index is 8.81. The van der Waals surface area contributed by atoms with E-state index < -0.39 is 0 Å². The van der Waals surface area contributed by atoms with Crippen molar-refractivity contribution < 1.29 is 9.31 Å². The van der Waals surface area contributed by atoms with Crippen LogP contribution in [0.1, 0.15) is 22.3 Å².